The molecule has 0 fully saturated rings. The van der Waals surface area contributed by atoms with Crippen molar-refractivity contribution in [3.05, 3.63) is 96.6 Å². The number of alkyl halides is 6. The highest BCUT2D eigenvalue weighted by molar-refractivity contribution is 7.71. The highest BCUT2D eigenvalue weighted by Crippen LogP contribution is 2.62. The lowest BCUT2D eigenvalue weighted by Gasteiger charge is -2.32. The fourth-order valence-electron chi connectivity index (χ4n) is 3.05. The molecule has 4 nitrogen and oxygen atoms in total. The van der Waals surface area contributed by atoms with Gasteiger partial charge in [0.15, 0.2) is 13.2 Å². The lowest BCUT2D eigenvalue weighted by molar-refractivity contribution is -0.165. The molecule has 0 radical (unpaired) electrons. The van der Waals surface area contributed by atoms with Gasteiger partial charge in [0.05, 0.1) is 0 Å². The summed E-state index contributed by atoms with van der Waals surface area (Å²) in [5.41, 5.74) is 0.152. The van der Waals surface area contributed by atoms with E-state index in [1.165, 1.54) is 24.3 Å². The van der Waals surface area contributed by atoms with Gasteiger partial charge >= 0.3 is 19.9 Å². The van der Waals surface area contributed by atoms with Crippen LogP contribution in [0.4, 0.5) is 26.3 Å². The Kier molecular flexibility index (Phi) is 9.13. The van der Waals surface area contributed by atoms with E-state index < -0.39 is 47.0 Å². The topological polar surface area (TPSA) is 47.6 Å². The van der Waals surface area contributed by atoms with Crippen LogP contribution in [0, 0.1) is 0 Å². The van der Waals surface area contributed by atoms with Crippen molar-refractivity contribution in [2.24, 2.45) is 0 Å². The molecule has 188 valence electrons. The fourth-order valence-corrected chi connectivity index (χ4v) is 7.46. The molecule has 0 saturated carbocycles. The molecule has 12 heteroatoms. The van der Waals surface area contributed by atoms with Crippen molar-refractivity contribution in [3.63, 3.8) is 0 Å². The van der Waals surface area contributed by atoms with Gasteiger partial charge in [-0.3, -0.25) is 18.7 Å². The van der Waals surface area contributed by atoms with Gasteiger partial charge in [0.25, 0.3) is 0 Å². The Morgan fingerprint density at radius 3 is 1.43 bits per heavy atom. The van der Waals surface area contributed by atoms with Crippen LogP contribution >= 0.6 is 15.7 Å². The van der Waals surface area contributed by atoms with Crippen molar-refractivity contribution in [2.45, 2.75) is 18.1 Å². The van der Waals surface area contributed by atoms with Gasteiger partial charge < -0.3 is 0 Å². The van der Waals surface area contributed by atoms with Gasteiger partial charge in [0.2, 0.25) is 0 Å². The fraction of sp³-hybridized carbons (Fsp3) is 0.217. The van der Waals surface area contributed by atoms with Crippen LogP contribution in [0.2, 0.25) is 0 Å². The first kappa shape index (κ1) is 27.4. The first-order valence-electron chi connectivity index (χ1n) is 10.2. The molecule has 0 spiro atoms. The summed E-state index contributed by atoms with van der Waals surface area (Å²) in [4.78, 5) is 0. The maximum Gasteiger partial charge on any atom is 0.412 e. The smallest absolute Gasteiger partial charge is 0.298 e. The molecule has 35 heavy (non-hydrogen) atoms. The van der Waals surface area contributed by atoms with E-state index >= 15 is 0 Å². The number of rotatable bonds is 10. The van der Waals surface area contributed by atoms with Crippen LogP contribution in [-0.4, -0.2) is 25.6 Å². The quantitative estimate of drug-likeness (QED) is 0.233. The zero-order chi connectivity index (χ0) is 25.5. The SMILES string of the molecule is O=P(OCC(F)(F)F)(OCC(F)(F)F)[C@@H](NP(c1ccccc1)c1ccccc1)c1ccccc1. The van der Waals surface area contributed by atoms with Crippen LogP contribution in [0.5, 0.6) is 0 Å². The predicted octanol–water partition coefficient (Wildman–Crippen LogP) is 6.67. The molecular weight excluding hydrogens is 514 g/mol. The van der Waals surface area contributed by atoms with E-state index in [-0.39, 0.29) is 5.56 Å². The van der Waals surface area contributed by atoms with Gasteiger partial charge in [-0.05, 0) is 16.2 Å². The average Bonchev–Trinajstić information content (AvgIpc) is 2.83. The van der Waals surface area contributed by atoms with Crippen molar-refractivity contribution in [3.8, 4) is 0 Å². The molecule has 0 aliphatic heterocycles. The zero-order valence-electron chi connectivity index (χ0n) is 18.0. The van der Waals surface area contributed by atoms with Crippen LogP contribution < -0.4 is 15.7 Å². The highest BCUT2D eigenvalue weighted by atomic mass is 31.2. The highest BCUT2D eigenvalue weighted by Gasteiger charge is 2.45. The summed E-state index contributed by atoms with van der Waals surface area (Å²) in [6, 6.07) is 25.0. The number of halogens is 6. The van der Waals surface area contributed by atoms with Crippen LogP contribution in [0.15, 0.2) is 91.0 Å². The van der Waals surface area contributed by atoms with Gasteiger partial charge in [-0.15, -0.1) is 0 Å². The van der Waals surface area contributed by atoms with Crippen molar-refractivity contribution in [1.82, 2.24) is 5.09 Å². The molecule has 3 aromatic carbocycles. The Balaban J connectivity index is 2.09. The van der Waals surface area contributed by atoms with Gasteiger partial charge in [0, 0.05) is 8.07 Å². The number of benzene rings is 3. The van der Waals surface area contributed by atoms with Crippen LogP contribution in [-0.2, 0) is 13.6 Å². The second-order valence-electron chi connectivity index (χ2n) is 7.27. The summed E-state index contributed by atoms with van der Waals surface area (Å²) in [5, 5.41) is 4.44. The Labute approximate surface area is 199 Å². The third-order valence-electron chi connectivity index (χ3n) is 4.53. The Hall–Kier alpha value is -2.22. The standard InChI is InChI=1S/C23H21F6NO3P2/c24-22(25,26)16-32-35(31,33-17-23(27,28)29)21(18-10-4-1-5-11-18)30-34(19-12-6-2-7-13-19)20-14-8-3-9-15-20/h1-15,21,30H,16-17H2/t21-/m1/s1. The minimum Gasteiger partial charge on any atom is -0.298 e. The van der Waals surface area contributed by atoms with Crippen LogP contribution in [0.25, 0.3) is 0 Å². The number of hydrogen-bond donors (Lipinski definition) is 1. The lowest BCUT2D eigenvalue weighted by Crippen LogP contribution is -2.30. The minimum atomic E-state index is -5.07. The monoisotopic (exact) mass is 535 g/mol. The lowest BCUT2D eigenvalue weighted by atomic mass is 10.2. The summed E-state index contributed by atoms with van der Waals surface area (Å²) in [6.07, 6.45) is -9.88. The van der Waals surface area contributed by atoms with Gasteiger partial charge in [0.1, 0.15) is 5.78 Å². The first-order chi connectivity index (χ1) is 16.5. The molecule has 0 aromatic heterocycles. The van der Waals surface area contributed by atoms with Crippen LogP contribution in [0.1, 0.15) is 11.3 Å². The van der Waals surface area contributed by atoms with E-state index in [0.29, 0.717) is 10.6 Å². The number of nitrogens with one attached hydrogen (secondary N) is 1. The largest absolute Gasteiger partial charge is 0.412 e. The molecule has 0 unspecified atom stereocenters. The van der Waals surface area contributed by atoms with E-state index in [2.05, 4.69) is 14.1 Å². The van der Waals surface area contributed by atoms with E-state index in [0.717, 1.165) is 0 Å². The van der Waals surface area contributed by atoms with Crippen molar-refractivity contribution >= 4 is 26.3 Å². The predicted molar refractivity (Wildman–Crippen MR) is 123 cm³/mol. The molecule has 0 aliphatic rings. The molecular formula is C23H21F6NO3P2. The van der Waals surface area contributed by atoms with Crippen LogP contribution in [0.3, 0.4) is 0 Å². The average molecular weight is 535 g/mol. The summed E-state index contributed by atoms with van der Waals surface area (Å²) < 4.78 is 101. The molecule has 0 bridgehead atoms. The van der Waals surface area contributed by atoms with Gasteiger partial charge in [-0.2, -0.15) is 26.3 Å². The summed E-state index contributed by atoms with van der Waals surface area (Å²) in [7, 11) is -6.67. The third kappa shape index (κ3) is 8.44. The normalized spacial score (nSPS) is 13.7. The summed E-state index contributed by atoms with van der Waals surface area (Å²) in [5.74, 6) is -1.63. The van der Waals surface area contributed by atoms with Crippen molar-refractivity contribution < 1.29 is 40.0 Å². The van der Waals surface area contributed by atoms with E-state index in [9.17, 15) is 30.9 Å². The maximum atomic E-state index is 13.7. The maximum absolute atomic E-state index is 13.7. The van der Waals surface area contributed by atoms with Gasteiger partial charge in [-0.25, -0.2) is 0 Å². The van der Waals surface area contributed by atoms with Crippen molar-refractivity contribution in [2.75, 3.05) is 13.2 Å². The first-order valence-corrected chi connectivity index (χ1v) is 13.2. The molecule has 0 saturated heterocycles. The molecule has 1 atom stereocenters. The molecule has 1 N–H and O–H groups in total. The molecule has 0 heterocycles. The molecule has 0 aliphatic carbocycles. The second kappa shape index (κ2) is 11.7. The Morgan fingerprint density at radius 1 is 0.686 bits per heavy atom. The van der Waals surface area contributed by atoms with E-state index in [4.69, 9.17) is 0 Å². The molecule has 3 rings (SSSR count). The van der Waals surface area contributed by atoms with Crippen molar-refractivity contribution in [1.29, 1.82) is 0 Å². The molecule has 0 amide bonds. The van der Waals surface area contributed by atoms with E-state index in [1.54, 1.807) is 66.7 Å². The Morgan fingerprint density at radius 2 is 1.06 bits per heavy atom. The number of hydrogen-bond acceptors (Lipinski definition) is 4. The van der Waals surface area contributed by atoms with E-state index in [1.807, 2.05) is 0 Å². The minimum absolute atomic E-state index is 0.152. The zero-order valence-corrected chi connectivity index (χ0v) is 19.8. The summed E-state index contributed by atoms with van der Waals surface area (Å²) in [6.45, 7) is -4.08. The third-order valence-corrected chi connectivity index (χ3v) is 8.91. The Bertz CT molecular complexity index is 1040. The van der Waals surface area contributed by atoms with Gasteiger partial charge in [-0.1, -0.05) is 91.0 Å². The molecule has 3 aromatic rings. The summed E-state index contributed by atoms with van der Waals surface area (Å²) >= 11 is 0. The second-order valence-corrected chi connectivity index (χ2v) is 11.3.